The molecule has 2 heterocycles. The van der Waals surface area contributed by atoms with Gasteiger partial charge in [-0.2, -0.15) is 0 Å². The summed E-state index contributed by atoms with van der Waals surface area (Å²) in [5.74, 6) is 2.77. The molecule has 94 valence electrons. The molecule has 5 nitrogen and oxygen atoms in total. The lowest BCUT2D eigenvalue weighted by atomic mass is 9.85. The predicted molar refractivity (Wildman–Crippen MR) is 69.2 cm³/mol. The van der Waals surface area contributed by atoms with Crippen LogP contribution in [-0.2, 0) is 0 Å². The third kappa shape index (κ3) is 1.65. The fraction of sp³-hybridized carbons (Fsp3) is 0.615. The number of H-pyrrole nitrogens is 1. The maximum atomic E-state index is 4.35. The second kappa shape index (κ2) is 3.93. The van der Waals surface area contributed by atoms with Crippen molar-refractivity contribution in [1.82, 2.24) is 19.9 Å². The predicted octanol–water partition coefficient (Wildman–Crippen LogP) is 2.34. The van der Waals surface area contributed by atoms with E-state index in [2.05, 4.69) is 25.3 Å². The van der Waals surface area contributed by atoms with Crippen LogP contribution in [0.15, 0.2) is 12.7 Å². The Balaban J connectivity index is 1.59. The minimum Gasteiger partial charge on any atom is -0.365 e. The number of nitrogens with one attached hydrogen (secondary N) is 2. The summed E-state index contributed by atoms with van der Waals surface area (Å²) < 4.78 is 0. The van der Waals surface area contributed by atoms with E-state index in [1.165, 1.54) is 32.1 Å². The molecule has 0 aromatic carbocycles. The van der Waals surface area contributed by atoms with Crippen LogP contribution in [0.2, 0.25) is 0 Å². The average Bonchev–Trinajstić information content (AvgIpc) is 2.97. The Morgan fingerprint density at radius 1 is 1.06 bits per heavy atom. The largest absolute Gasteiger partial charge is 0.365 e. The highest BCUT2D eigenvalue weighted by Crippen LogP contribution is 2.42. The SMILES string of the molecule is c1nc(NC2CC3CCC(C3)C2)c2[nH]cnc2n1. The Morgan fingerprint density at radius 3 is 2.72 bits per heavy atom. The number of hydrogen-bond donors (Lipinski definition) is 2. The summed E-state index contributed by atoms with van der Waals surface area (Å²) in [7, 11) is 0. The maximum absolute atomic E-state index is 4.35. The zero-order chi connectivity index (χ0) is 11.9. The van der Waals surface area contributed by atoms with Crippen LogP contribution in [0, 0.1) is 11.8 Å². The fourth-order valence-electron chi connectivity index (χ4n) is 3.69. The molecule has 2 atom stereocenters. The van der Waals surface area contributed by atoms with Crippen LogP contribution < -0.4 is 5.32 Å². The highest BCUT2D eigenvalue weighted by Gasteiger charge is 2.34. The lowest BCUT2D eigenvalue weighted by Gasteiger charge is -2.28. The molecule has 2 bridgehead atoms. The van der Waals surface area contributed by atoms with Crippen LogP contribution in [0.4, 0.5) is 5.82 Å². The van der Waals surface area contributed by atoms with Crippen molar-refractivity contribution in [3.8, 4) is 0 Å². The van der Waals surface area contributed by atoms with Gasteiger partial charge in [-0.1, -0.05) is 12.8 Å². The monoisotopic (exact) mass is 243 g/mol. The van der Waals surface area contributed by atoms with Gasteiger partial charge in [0.05, 0.1) is 6.33 Å². The van der Waals surface area contributed by atoms with Crippen molar-refractivity contribution in [2.45, 2.75) is 38.1 Å². The zero-order valence-electron chi connectivity index (χ0n) is 10.3. The average molecular weight is 243 g/mol. The Morgan fingerprint density at radius 2 is 1.89 bits per heavy atom. The molecule has 0 spiro atoms. The van der Waals surface area contributed by atoms with E-state index in [1.807, 2.05) is 0 Å². The number of anilines is 1. The Kier molecular flexibility index (Phi) is 2.25. The van der Waals surface area contributed by atoms with E-state index in [0.29, 0.717) is 6.04 Å². The van der Waals surface area contributed by atoms with Gasteiger partial charge in [0.2, 0.25) is 0 Å². The van der Waals surface area contributed by atoms with Gasteiger partial charge in [0.15, 0.2) is 11.5 Å². The van der Waals surface area contributed by atoms with Gasteiger partial charge in [-0.15, -0.1) is 0 Å². The zero-order valence-corrected chi connectivity index (χ0v) is 10.3. The number of rotatable bonds is 2. The van der Waals surface area contributed by atoms with Crippen molar-refractivity contribution in [3.63, 3.8) is 0 Å². The summed E-state index contributed by atoms with van der Waals surface area (Å²) in [6, 6.07) is 0.567. The highest BCUT2D eigenvalue weighted by atomic mass is 15.1. The molecule has 2 aromatic rings. The van der Waals surface area contributed by atoms with Crippen molar-refractivity contribution in [2.75, 3.05) is 5.32 Å². The second-order valence-corrected chi connectivity index (χ2v) is 5.68. The minimum atomic E-state index is 0.567. The first kappa shape index (κ1) is 10.3. The first-order valence-electron chi connectivity index (χ1n) is 6.79. The summed E-state index contributed by atoms with van der Waals surface area (Å²) >= 11 is 0. The summed E-state index contributed by atoms with van der Waals surface area (Å²) in [6.45, 7) is 0. The number of nitrogens with zero attached hydrogens (tertiary/aromatic N) is 3. The molecule has 2 N–H and O–H groups in total. The smallest absolute Gasteiger partial charge is 0.182 e. The molecule has 2 fully saturated rings. The summed E-state index contributed by atoms with van der Waals surface area (Å²) in [5.41, 5.74) is 1.67. The second-order valence-electron chi connectivity index (χ2n) is 5.68. The molecule has 2 aliphatic rings. The number of aromatic amines is 1. The lowest BCUT2D eigenvalue weighted by molar-refractivity contribution is 0.333. The highest BCUT2D eigenvalue weighted by molar-refractivity contribution is 5.82. The van der Waals surface area contributed by atoms with E-state index in [1.54, 1.807) is 12.7 Å². The van der Waals surface area contributed by atoms with E-state index in [-0.39, 0.29) is 0 Å². The standard InChI is InChI=1S/C13H17N5/c1-2-9-3-8(1)4-10(5-9)18-13-11-12(15-6-14-11)16-7-17-13/h6-10H,1-5H2,(H2,14,15,16,17,18). The molecular formula is C13H17N5. The molecule has 0 saturated heterocycles. The van der Waals surface area contributed by atoms with Gasteiger partial charge in [-0.25, -0.2) is 15.0 Å². The van der Waals surface area contributed by atoms with E-state index >= 15 is 0 Å². The minimum absolute atomic E-state index is 0.567. The topological polar surface area (TPSA) is 66.5 Å². The summed E-state index contributed by atoms with van der Waals surface area (Å²) in [4.78, 5) is 15.8. The Labute approximate surface area is 105 Å². The first-order chi connectivity index (χ1) is 8.88. The van der Waals surface area contributed by atoms with Crippen molar-refractivity contribution in [2.24, 2.45) is 11.8 Å². The summed E-state index contributed by atoms with van der Waals surface area (Å²) in [5, 5.41) is 3.59. The normalized spacial score (nSPS) is 30.8. The molecule has 2 aliphatic carbocycles. The van der Waals surface area contributed by atoms with Gasteiger partial charge < -0.3 is 10.3 Å². The van der Waals surface area contributed by atoms with Gasteiger partial charge in [-0.3, -0.25) is 0 Å². The van der Waals surface area contributed by atoms with Crippen molar-refractivity contribution in [1.29, 1.82) is 0 Å². The molecule has 0 amide bonds. The number of imidazole rings is 1. The molecule has 18 heavy (non-hydrogen) atoms. The quantitative estimate of drug-likeness (QED) is 0.849. The van der Waals surface area contributed by atoms with Gasteiger partial charge in [0.25, 0.3) is 0 Å². The molecular weight excluding hydrogens is 226 g/mol. The Hall–Kier alpha value is -1.65. The van der Waals surface area contributed by atoms with Gasteiger partial charge in [0.1, 0.15) is 11.8 Å². The molecule has 2 unspecified atom stereocenters. The fourth-order valence-corrected chi connectivity index (χ4v) is 3.69. The first-order valence-corrected chi connectivity index (χ1v) is 6.79. The van der Waals surface area contributed by atoms with E-state index < -0.39 is 0 Å². The van der Waals surface area contributed by atoms with Crippen LogP contribution in [0.3, 0.4) is 0 Å². The number of aromatic nitrogens is 4. The van der Waals surface area contributed by atoms with E-state index in [0.717, 1.165) is 28.8 Å². The molecule has 5 heteroatoms. The summed E-state index contributed by atoms with van der Waals surface area (Å²) in [6.07, 6.45) is 10.1. The third-order valence-electron chi connectivity index (χ3n) is 4.45. The molecule has 2 saturated carbocycles. The molecule has 0 aliphatic heterocycles. The molecule has 2 aromatic heterocycles. The van der Waals surface area contributed by atoms with Crippen molar-refractivity contribution >= 4 is 17.0 Å². The lowest BCUT2D eigenvalue weighted by Crippen LogP contribution is -2.28. The number of fused-ring (bicyclic) bond motifs is 3. The van der Waals surface area contributed by atoms with E-state index in [9.17, 15) is 0 Å². The third-order valence-corrected chi connectivity index (χ3v) is 4.45. The van der Waals surface area contributed by atoms with Gasteiger partial charge in [0, 0.05) is 6.04 Å². The molecule has 4 rings (SSSR count). The Bertz CT molecular complexity index is 551. The number of hydrogen-bond acceptors (Lipinski definition) is 4. The van der Waals surface area contributed by atoms with Crippen LogP contribution in [0.25, 0.3) is 11.2 Å². The van der Waals surface area contributed by atoms with Crippen LogP contribution >= 0.6 is 0 Å². The van der Waals surface area contributed by atoms with Crippen molar-refractivity contribution in [3.05, 3.63) is 12.7 Å². The van der Waals surface area contributed by atoms with Crippen molar-refractivity contribution < 1.29 is 0 Å². The van der Waals surface area contributed by atoms with E-state index in [4.69, 9.17) is 0 Å². The van der Waals surface area contributed by atoms with Gasteiger partial charge in [-0.05, 0) is 31.1 Å². The van der Waals surface area contributed by atoms with Crippen LogP contribution in [-0.4, -0.2) is 26.0 Å². The van der Waals surface area contributed by atoms with Gasteiger partial charge >= 0.3 is 0 Å². The van der Waals surface area contributed by atoms with Crippen LogP contribution in [0.1, 0.15) is 32.1 Å². The molecule has 0 radical (unpaired) electrons. The van der Waals surface area contributed by atoms with Crippen LogP contribution in [0.5, 0.6) is 0 Å². The maximum Gasteiger partial charge on any atom is 0.182 e.